The molecule has 4 heterocycles. The lowest BCUT2D eigenvalue weighted by atomic mass is 10.1. The average molecular weight is 433 g/mol. The highest BCUT2D eigenvalue weighted by molar-refractivity contribution is 6.30. The molecule has 0 saturated carbocycles. The molecule has 0 aliphatic carbocycles. The smallest absolute Gasteiger partial charge is 0.0803 e. The number of hydrogen-bond donors (Lipinski definition) is 0. The molecule has 0 aliphatic rings. The Hall–Kier alpha value is -4.56. The van der Waals surface area contributed by atoms with Crippen LogP contribution >= 0.6 is 0 Å². The first kappa shape index (κ1) is 17.9. The van der Waals surface area contributed by atoms with Crippen LogP contribution in [0.4, 0.5) is 0 Å². The molecule has 0 spiro atoms. The highest BCUT2D eigenvalue weighted by atomic mass is 15.0. The van der Waals surface area contributed by atoms with E-state index in [0.717, 1.165) is 0 Å². The van der Waals surface area contributed by atoms with Gasteiger partial charge in [-0.1, -0.05) is 91.0 Å². The van der Waals surface area contributed by atoms with E-state index in [1.807, 2.05) is 0 Å². The Morgan fingerprint density at radius 2 is 1.06 bits per heavy atom. The van der Waals surface area contributed by atoms with E-state index in [2.05, 4.69) is 130 Å². The molecule has 2 heteroatoms. The largest absolute Gasteiger partial charge is 0.307 e. The molecule has 0 unspecified atom stereocenters. The minimum absolute atomic E-state index is 1.19. The maximum Gasteiger partial charge on any atom is 0.0803 e. The van der Waals surface area contributed by atoms with Gasteiger partial charge >= 0.3 is 0 Å². The highest BCUT2D eigenvalue weighted by Gasteiger charge is 2.23. The Morgan fingerprint density at radius 3 is 1.94 bits per heavy atom. The van der Waals surface area contributed by atoms with Crippen LogP contribution in [-0.2, 0) is 0 Å². The van der Waals surface area contributed by atoms with Crippen molar-refractivity contribution in [1.29, 1.82) is 0 Å². The predicted octanol–water partition coefficient (Wildman–Crippen LogP) is 8.45. The quantitative estimate of drug-likeness (QED) is 0.259. The molecule has 0 atom stereocenters. The molecule has 2 nitrogen and oxygen atoms in total. The van der Waals surface area contributed by atoms with E-state index in [1.54, 1.807) is 0 Å². The number of pyridine rings is 1. The van der Waals surface area contributed by atoms with Crippen molar-refractivity contribution in [2.75, 3.05) is 0 Å². The molecule has 8 aromatic rings. The van der Waals surface area contributed by atoms with Crippen LogP contribution in [-0.4, -0.2) is 8.97 Å². The Bertz CT molecular complexity index is 2000. The van der Waals surface area contributed by atoms with Crippen molar-refractivity contribution >= 4 is 49.1 Å². The van der Waals surface area contributed by atoms with Crippen LogP contribution in [0.2, 0.25) is 0 Å². The fraction of sp³-hybridized carbons (Fsp3) is 0. The Balaban J connectivity index is 1.58. The Kier molecular flexibility index (Phi) is 3.42. The minimum Gasteiger partial charge on any atom is -0.307 e. The van der Waals surface area contributed by atoms with Crippen LogP contribution in [0.1, 0.15) is 0 Å². The summed E-state index contributed by atoms with van der Waals surface area (Å²) < 4.78 is 4.91. The van der Waals surface area contributed by atoms with Gasteiger partial charge in [-0.2, -0.15) is 0 Å². The number of benzene rings is 4. The summed E-state index contributed by atoms with van der Waals surface area (Å²) in [6.07, 6.45) is 0. The average Bonchev–Trinajstić information content (AvgIpc) is 3.54. The maximum absolute atomic E-state index is 2.46. The molecule has 0 aliphatic heterocycles. The lowest BCUT2D eigenvalue weighted by Crippen LogP contribution is -1.95. The number of hydrogen-bond acceptors (Lipinski definition) is 0. The normalized spacial score (nSPS) is 12.1. The molecule has 34 heavy (non-hydrogen) atoms. The van der Waals surface area contributed by atoms with Crippen molar-refractivity contribution < 1.29 is 0 Å². The lowest BCUT2D eigenvalue weighted by Gasteiger charge is -2.11. The first-order valence-corrected chi connectivity index (χ1v) is 11.7. The molecule has 8 rings (SSSR count). The molecular weight excluding hydrogens is 412 g/mol. The second-order valence-corrected chi connectivity index (χ2v) is 9.02. The maximum atomic E-state index is 2.46. The zero-order valence-electron chi connectivity index (χ0n) is 18.4. The summed E-state index contributed by atoms with van der Waals surface area (Å²) in [7, 11) is 0. The molecule has 4 aromatic carbocycles. The van der Waals surface area contributed by atoms with E-state index in [9.17, 15) is 0 Å². The summed E-state index contributed by atoms with van der Waals surface area (Å²) in [5.41, 5.74) is 10.00. The summed E-state index contributed by atoms with van der Waals surface area (Å²) in [5.74, 6) is 0. The molecule has 0 amide bonds. The molecule has 0 radical (unpaired) electrons. The van der Waals surface area contributed by atoms with Crippen molar-refractivity contribution in [3.63, 3.8) is 0 Å². The van der Waals surface area contributed by atoms with Gasteiger partial charge in [0.15, 0.2) is 0 Å². The van der Waals surface area contributed by atoms with Gasteiger partial charge in [-0.05, 0) is 41.5 Å². The highest BCUT2D eigenvalue weighted by Crippen LogP contribution is 2.44. The van der Waals surface area contributed by atoms with Gasteiger partial charge in [-0.15, -0.1) is 0 Å². The van der Waals surface area contributed by atoms with Crippen LogP contribution in [0.5, 0.6) is 0 Å². The summed E-state index contributed by atoms with van der Waals surface area (Å²) in [6.45, 7) is 0. The van der Waals surface area contributed by atoms with E-state index in [-0.39, 0.29) is 0 Å². The SMILES string of the molecule is c1ccc(-c2cccc(-n3c4ccccc4c4c3c3cccc5c6ccccc6c4n53)c2)cc1. The van der Waals surface area contributed by atoms with Crippen molar-refractivity contribution in [3.8, 4) is 16.8 Å². The molecule has 0 fully saturated rings. The van der Waals surface area contributed by atoms with Crippen molar-refractivity contribution in [2.45, 2.75) is 0 Å². The van der Waals surface area contributed by atoms with Crippen LogP contribution in [0.25, 0.3) is 65.9 Å². The van der Waals surface area contributed by atoms with E-state index < -0.39 is 0 Å². The number of fused-ring (bicyclic) bond motifs is 8. The van der Waals surface area contributed by atoms with Crippen LogP contribution < -0.4 is 0 Å². The van der Waals surface area contributed by atoms with E-state index in [1.165, 1.54) is 65.9 Å². The van der Waals surface area contributed by atoms with Gasteiger partial charge in [0.1, 0.15) is 0 Å². The molecule has 158 valence electrons. The number of aromatic nitrogens is 2. The van der Waals surface area contributed by atoms with E-state index in [0.29, 0.717) is 0 Å². The molecule has 0 bridgehead atoms. The Morgan fingerprint density at radius 1 is 0.412 bits per heavy atom. The molecule has 4 aromatic heterocycles. The van der Waals surface area contributed by atoms with Crippen molar-refractivity contribution in [1.82, 2.24) is 8.97 Å². The van der Waals surface area contributed by atoms with Gasteiger partial charge in [-0.25, -0.2) is 0 Å². The van der Waals surface area contributed by atoms with Gasteiger partial charge in [0.25, 0.3) is 0 Å². The van der Waals surface area contributed by atoms with E-state index >= 15 is 0 Å². The first-order chi connectivity index (χ1) is 16.9. The van der Waals surface area contributed by atoms with Gasteiger partial charge in [0, 0.05) is 27.2 Å². The summed E-state index contributed by atoms with van der Waals surface area (Å²) >= 11 is 0. The topological polar surface area (TPSA) is 9.34 Å². The summed E-state index contributed by atoms with van der Waals surface area (Å²) in [5, 5.41) is 5.25. The van der Waals surface area contributed by atoms with Crippen molar-refractivity contribution in [2.24, 2.45) is 0 Å². The molecular formula is C32H20N2. The van der Waals surface area contributed by atoms with Gasteiger partial charge in [-0.3, -0.25) is 0 Å². The second-order valence-electron chi connectivity index (χ2n) is 9.02. The summed E-state index contributed by atoms with van der Waals surface area (Å²) in [4.78, 5) is 0. The number of nitrogens with zero attached hydrogens (tertiary/aromatic N) is 2. The summed E-state index contributed by atoms with van der Waals surface area (Å²) in [6, 6.07) is 43.8. The predicted molar refractivity (Wildman–Crippen MR) is 143 cm³/mol. The van der Waals surface area contributed by atoms with Crippen LogP contribution in [0.15, 0.2) is 121 Å². The third-order valence-corrected chi connectivity index (χ3v) is 7.24. The second kappa shape index (κ2) is 6.49. The zero-order valence-corrected chi connectivity index (χ0v) is 18.4. The third-order valence-electron chi connectivity index (χ3n) is 7.24. The van der Waals surface area contributed by atoms with Gasteiger partial charge < -0.3 is 8.97 Å². The number of para-hydroxylation sites is 1. The fourth-order valence-electron chi connectivity index (χ4n) is 5.87. The fourth-order valence-corrected chi connectivity index (χ4v) is 5.87. The number of rotatable bonds is 2. The monoisotopic (exact) mass is 432 g/mol. The van der Waals surface area contributed by atoms with E-state index in [4.69, 9.17) is 0 Å². The van der Waals surface area contributed by atoms with Crippen LogP contribution in [0, 0.1) is 0 Å². The Labute approximate surface area is 196 Å². The lowest BCUT2D eigenvalue weighted by molar-refractivity contribution is 1.18. The standard InChI is InChI=1S/C32H20N2/c1-2-10-21(11-3-1)22-12-8-13-23(20-22)33-28-17-7-6-16-26(28)30-31-25-15-5-4-14-24(25)27-18-9-19-29(32(30)33)34(27)31/h1-20H. The van der Waals surface area contributed by atoms with Crippen molar-refractivity contribution in [3.05, 3.63) is 121 Å². The van der Waals surface area contributed by atoms with Gasteiger partial charge in [0.2, 0.25) is 0 Å². The molecule has 0 saturated heterocycles. The third kappa shape index (κ3) is 2.20. The first-order valence-electron chi connectivity index (χ1n) is 11.7. The zero-order chi connectivity index (χ0) is 22.2. The minimum atomic E-state index is 1.19. The molecule has 0 N–H and O–H groups in total. The van der Waals surface area contributed by atoms with Gasteiger partial charge in [0.05, 0.1) is 27.6 Å². The van der Waals surface area contributed by atoms with Crippen LogP contribution in [0.3, 0.4) is 0 Å².